The van der Waals surface area contributed by atoms with E-state index in [0.29, 0.717) is 17.3 Å². The van der Waals surface area contributed by atoms with Crippen LogP contribution in [0.3, 0.4) is 0 Å². The molecule has 112 valence electrons. The van der Waals surface area contributed by atoms with Gasteiger partial charge in [0.2, 0.25) is 10.0 Å². The molecule has 1 aliphatic heterocycles. The summed E-state index contributed by atoms with van der Waals surface area (Å²) < 4.78 is 28.4. The lowest BCUT2D eigenvalue weighted by Crippen LogP contribution is -2.23. The molecule has 2 rings (SSSR count). The monoisotopic (exact) mass is 299 g/mol. The van der Waals surface area contributed by atoms with E-state index in [0.717, 1.165) is 26.0 Å². The molecule has 7 heteroatoms. The molecule has 0 saturated carbocycles. The van der Waals surface area contributed by atoms with Gasteiger partial charge in [0.15, 0.2) is 0 Å². The second kappa shape index (κ2) is 5.99. The van der Waals surface area contributed by atoms with E-state index in [-0.39, 0.29) is 11.0 Å². The molecule has 1 heterocycles. The molecule has 2 atom stereocenters. The van der Waals surface area contributed by atoms with Gasteiger partial charge in [-0.15, -0.1) is 0 Å². The second-order valence-electron chi connectivity index (χ2n) is 5.08. The first-order valence-electron chi connectivity index (χ1n) is 6.69. The molecule has 0 bridgehead atoms. The van der Waals surface area contributed by atoms with Gasteiger partial charge in [-0.05, 0) is 31.0 Å². The van der Waals surface area contributed by atoms with Crippen LogP contribution in [0.4, 0.5) is 11.4 Å². The van der Waals surface area contributed by atoms with Crippen LogP contribution in [-0.2, 0) is 14.8 Å². The highest BCUT2D eigenvalue weighted by Gasteiger charge is 2.26. The van der Waals surface area contributed by atoms with Gasteiger partial charge >= 0.3 is 0 Å². The number of nitrogen functional groups attached to an aromatic ring is 1. The van der Waals surface area contributed by atoms with Crippen molar-refractivity contribution in [3.05, 3.63) is 18.2 Å². The summed E-state index contributed by atoms with van der Waals surface area (Å²) >= 11 is 0. The Hall–Kier alpha value is -1.31. The van der Waals surface area contributed by atoms with Gasteiger partial charge in [-0.2, -0.15) is 0 Å². The maximum atomic E-state index is 11.4. The van der Waals surface area contributed by atoms with E-state index in [1.807, 2.05) is 0 Å². The van der Waals surface area contributed by atoms with Gasteiger partial charge in [-0.3, -0.25) is 0 Å². The number of rotatable bonds is 5. The highest BCUT2D eigenvalue weighted by molar-refractivity contribution is 7.89. The van der Waals surface area contributed by atoms with Gasteiger partial charge in [-0.25, -0.2) is 13.6 Å². The largest absolute Gasteiger partial charge is 0.399 e. The van der Waals surface area contributed by atoms with E-state index >= 15 is 0 Å². The van der Waals surface area contributed by atoms with Crippen LogP contribution in [0.25, 0.3) is 0 Å². The third-order valence-corrected chi connectivity index (χ3v) is 4.47. The van der Waals surface area contributed by atoms with Crippen molar-refractivity contribution in [2.75, 3.05) is 24.2 Å². The molecular formula is C13H21N3O3S. The summed E-state index contributed by atoms with van der Waals surface area (Å²) in [4.78, 5) is 0.0229. The Morgan fingerprint density at radius 2 is 2.15 bits per heavy atom. The van der Waals surface area contributed by atoms with E-state index in [1.165, 1.54) is 12.1 Å². The molecule has 0 radical (unpaired) electrons. The van der Waals surface area contributed by atoms with Crippen LogP contribution < -0.4 is 16.2 Å². The van der Waals surface area contributed by atoms with E-state index in [9.17, 15) is 8.42 Å². The number of hydrogen-bond acceptors (Lipinski definition) is 5. The maximum absolute atomic E-state index is 11.4. The van der Waals surface area contributed by atoms with Gasteiger partial charge < -0.3 is 15.8 Å². The van der Waals surface area contributed by atoms with Crippen molar-refractivity contribution in [3.8, 4) is 0 Å². The fourth-order valence-electron chi connectivity index (χ4n) is 2.51. The molecule has 1 fully saturated rings. The van der Waals surface area contributed by atoms with Crippen LogP contribution in [-0.4, -0.2) is 27.7 Å². The van der Waals surface area contributed by atoms with Crippen molar-refractivity contribution >= 4 is 21.4 Å². The molecule has 0 aliphatic carbocycles. The number of anilines is 2. The highest BCUT2D eigenvalue weighted by Crippen LogP contribution is 2.25. The average molecular weight is 299 g/mol. The Balaban J connectivity index is 2.08. The Labute approximate surface area is 119 Å². The molecule has 2 unspecified atom stereocenters. The summed E-state index contributed by atoms with van der Waals surface area (Å²) in [6.07, 6.45) is 2.25. The number of nitrogens with one attached hydrogen (secondary N) is 1. The van der Waals surface area contributed by atoms with E-state index in [2.05, 4.69) is 12.2 Å². The topological polar surface area (TPSA) is 107 Å². The van der Waals surface area contributed by atoms with Crippen LogP contribution in [0.15, 0.2) is 23.1 Å². The van der Waals surface area contributed by atoms with Crippen molar-refractivity contribution in [2.24, 2.45) is 11.1 Å². The van der Waals surface area contributed by atoms with Crippen LogP contribution in [0.5, 0.6) is 0 Å². The van der Waals surface area contributed by atoms with Crippen molar-refractivity contribution in [2.45, 2.75) is 30.8 Å². The van der Waals surface area contributed by atoms with Crippen LogP contribution in [0.2, 0.25) is 0 Å². The lowest BCUT2D eigenvalue weighted by atomic mass is 9.99. The molecule has 1 aromatic carbocycles. The van der Waals surface area contributed by atoms with Gasteiger partial charge in [0.1, 0.15) is 0 Å². The predicted octanol–water partition coefficient (Wildman–Crippen LogP) is 1.14. The van der Waals surface area contributed by atoms with Crippen molar-refractivity contribution in [1.29, 1.82) is 0 Å². The summed E-state index contributed by atoms with van der Waals surface area (Å²) in [7, 11) is -3.75. The summed E-state index contributed by atoms with van der Waals surface area (Å²) in [6, 6.07) is 4.56. The Bertz CT molecular complexity index is 574. The average Bonchev–Trinajstić information content (AvgIpc) is 2.82. The summed E-state index contributed by atoms with van der Waals surface area (Å²) in [6.45, 7) is 3.61. The molecule has 0 spiro atoms. The standard InChI is InChI=1S/C13H21N3O3S/c1-2-13-9(3-4-19-13)8-16-11-5-10(14)6-12(7-11)20(15,17)18/h5-7,9,13,16H,2-4,8,14H2,1H3,(H2,15,17,18). The zero-order valence-electron chi connectivity index (χ0n) is 11.5. The molecular weight excluding hydrogens is 278 g/mol. The second-order valence-corrected chi connectivity index (χ2v) is 6.64. The highest BCUT2D eigenvalue weighted by atomic mass is 32.2. The van der Waals surface area contributed by atoms with Crippen LogP contribution in [0.1, 0.15) is 19.8 Å². The Kier molecular flexibility index (Phi) is 4.52. The lowest BCUT2D eigenvalue weighted by Gasteiger charge is -2.18. The zero-order chi connectivity index (χ0) is 14.8. The molecule has 1 saturated heterocycles. The Morgan fingerprint density at radius 3 is 2.80 bits per heavy atom. The van der Waals surface area contributed by atoms with E-state index < -0.39 is 10.0 Å². The number of benzene rings is 1. The van der Waals surface area contributed by atoms with Gasteiger partial charge in [0.05, 0.1) is 11.0 Å². The van der Waals surface area contributed by atoms with Gasteiger partial charge in [-0.1, -0.05) is 6.92 Å². The molecule has 6 nitrogen and oxygen atoms in total. The number of primary sulfonamides is 1. The quantitative estimate of drug-likeness (QED) is 0.707. The smallest absolute Gasteiger partial charge is 0.238 e. The van der Waals surface area contributed by atoms with Crippen molar-refractivity contribution < 1.29 is 13.2 Å². The summed E-state index contributed by atoms with van der Waals surface area (Å²) in [5.41, 5.74) is 6.74. The van der Waals surface area contributed by atoms with Crippen LogP contribution >= 0.6 is 0 Å². The minimum absolute atomic E-state index is 0.0229. The molecule has 5 N–H and O–H groups in total. The first-order valence-corrected chi connectivity index (χ1v) is 8.23. The number of hydrogen-bond donors (Lipinski definition) is 3. The minimum Gasteiger partial charge on any atom is -0.399 e. The minimum atomic E-state index is -3.75. The maximum Gasteiger partial charge on any atom is 0.238 e. The number of nitrogens with two attached hydrogens (primary N) is 2. The first kappa shape index (κ1) is 15.1. The fourth-order valence-corrected chi connectivity index (χ4v) is 3.11. The normalized spacial score (nSPS) is 22.9. The fraction of sp³-hybridized carbons (Fsp3) is 0.538. The molecule has 0 aromatic heterocycles. The third-order valence-electron chi connectivity index (χ3n) is 3.57. The summed E-state index contributed by atoms with van der Waals surface area (Å²) in [5, 5.41) is 8.35. The summed E-state index contributed by atoms with van der Waals surface area (Å²) in [5.74, 6) is 0.430. The lowest BCUT2D eigenvalue weighted by molar-refractivity contribution is 0.0900. The number of ether oxygens (including phenoxy) is 1. The van der Waals surface area contributed by atoms with Gasteiger partial charge in [0, 0.05) is 30.4 Å². The molecule has 20 heavy (non-hydrogen) atoms. The predicted molar refractivity (Wildman–Crippen MR) is 78.9 cm³/mol. The van der Waals surface area contributed by atoms with Gasteiger partial charge in [0.25, 0.3) is 0 Å². The molecule has 1 aliphatic rings. The SMILES string of the molecule is CCC1OCCC1CNc1cc(N)cc(S(N)(=O)=O)c1. The molecule has 1 aromatic rings. The Morgan fingerprint density at radius 1 is 1.40 bits per heavy atom. The van der Waals surface area contributed by atoms with E-state index in [4.69, 9.17) is 15.6 Å². The van der Waals surface area contributed by atoms with E-state index in [1.54, 1.807) is 6.07 Å². The first-order chi connectivity index (χ1) is 9.40. The molecule has 0 amide bonds. The van der Waals surface area contributed by atoms with Crippen LogP contribution in [0, 0.1) is 5.92 Å². The van der Waals surface area contributed by atoms with Crippen molar-refractivity contribution in [3.63, 3.8) is 0 Å². The van der Waals surface area contributed by atoms with Crippen molar-refractivity contribution in [1.82, 2.24) is 0 Å². The number of sulfonamides is 1. The zero-order valence-corrected chi connectivity index (χ0v) is 12.3. The third kappa shape index (κ3) is 3.62.